The van der Waals surface area contributed by atoms with E-state index in [0.29, 0.717) is 13.1 Å². The predicted molar refractivity (Wildman–Crippen MR) is 78.5 cm³/mol. The molecule has 1 aromatic heterocycles. The van der Waals surface area contributed by atoms with Crippen molar-refractivity contribution in [3.8, 4) is 0 Å². The van der Waals surface area contributed by atoms with Crippen LogP contribution < -0.4 is 5.73 Å². The highest BCUT2D eigenvalue weighted by Crippen LogP contribution is 2.24. The third-order valence-corrected chi connectivity index (χ3v) is 3.48. The van der Waals surface area contributed by atoms with E-state index in [9.17, 15) is 8.78 Å². The number of nitrogens with two attached hydrogens (primary N) is 1. The molecule has 0 bridgehead atoms. The number of hydrogen-bond acceptors (Lipinski definition) is 3. The first-order valence-electron chi connectivity index (χ1n) is 6.94. The monoisotopic (exact) mass is 291 g/mol. The molecule has 2 aromatic rings. The second-order valence-corrected chi connectivity index (χ2v) is 4.80. The highest BCUT2D eigenvalue weighted by Gasteiger charge is 2.22. The number of rotatable bonds is 6. The molecule has 0 aliphatic carbocycles. The van der Waals surface area contributed by atoms with Gasteiger partial charge in [0.25, 0.3) is 0 Å². The third kappa shape index (κ3) is 3.83. The van der Waals surface area contributed by atoms with Crippen molar-refractivity contribution >= 4 is 0 Å². The summed E-state index contributed by atoms with van der Waals surface area (Å²) in [4.78, 5) is 6.25. The summed E-state index contributed by atoms with van der Waals surface area (Å²) < 4.78 is 27.4. The highest BCUT2D eigenvalue weighted by atomic mass is 19.1. The van der Waals surface area contributed by atoms with E-state index in [1.54, 1.807) is 6.20 Å². The minimum atomic E-state index is -0.460. The summed E-state index contributed by atoms with van der Waals surface area (Å²) in [6.07, 6.45) is 1.71. The smallest absolute Gasteiger partial charge is 0.128 e. The summed E-state index contributed by atoms with van der Waals surface area (Å²) in [7, 11) is 0. The summed E-state index contributed by atoms with van der Waals surface area (Å²) in [5.41, 5.74) is 6.96. The molecule has 1 aromatic carbocycles. The first-order chi connectivity index (χ1) is 10.2. The number of benzene rings is 1. The first-order valence-corrected chi connectivity index (χ1v) is 6.94. The second-order valence-electron chi connectivity index (χ2n) is 4.80. The maximum atomic E-state index is 14.0. The lowest BCUT2D eigenvalue weighted by Gasteiger charge is -2.30. The predicted octanol–water partition coefficient (Wildman–Crippen LogP) is 2.88. The van der Waals surface area contributed by atoms with E-state index in [4.69, 9.17) is 5.73 Å². The summed E-state index contributed by atoms with van der Waals surface area (Å²) in [5.74, 6) is -0.898. The number of likely N-dealkylation sites (N-methyl/N-ethyl adjacent to an activating group) is 1. The van der Waals surface area contributed by atoms with Crippen LogP contribution in [0.15, 0.2) is 42.6 Å². The topological polar surface area (TPSA) is 42.2 Å². The zero-order valence-corrected chi connectivity index (χ0v) is 12.0. The van der Waals surface area contributed by atoms with Gasteiger partial charge in [0.05, 0.1) is 11.7 Å². The van der Waals surface area contributed by atoms with Gasteiger partial charge in [-0.3, -0.25) is 9.88 Å². The van der Waals surface area contributed by atoms with Crippen molar-refractivity contribution in [2.45, 2.75) is 19.5 Å². The van der Waals surface area contributed by atoms with Gasteiger partial charge in [0.1, 0.15) is 11.6 Å². The number of pyridine rings is 1. The van der Waals surface area contributed by atoms with E-state index in [1.165, 1.54) is 6.07 Å². The Hall–Kier alpha value is -1.85. The van der Waals surface area contributed by atoms with Crippen LogP contribution in [0.4, 0.5) is 8.78 Å². The van der Waals surface area contributed by atoms with E-state index in [1.807, 2.05) is 30.0 Å². The lowest BCUT2D eigenvalue weighted by molar-refractivity contribution is 0.196. The maximum Gasteiger partial charge on any atom is 0.128 e. The van der Waals surface area contributed by atoms with E-state index in [2.05, 4.69) is 4.98 Å². The molecular formula is C16H19F2N3. The maximum absolute atomic E-state index is 14.0. The largest absolute Gasteiger partial charge is 0.329 e. The molecule has 0 amide bonds. The Balaban J connectivity index is 2.27. The quantitative estimate of drug-likeness (QED) is 0.890. The highest BCUT2D eigenvalue weighted by molar-refractivity contribution is 5.23. The Morgan fingerprint density at radius 3 is 2.67 bits per heavy atom. The van der Waals surface area contributed by atoms with E-state index in [0.717, 1.165) is 17.8 Å². The SMILES string of the molecule is CCN(Cc1ccccn1)C(CN)c1cc(F)ccc1F. The van der Waals surface area contributed by atoms with E-state index < -0.39 is 11.6 Å². The molecule has 1 unspecified atom stereocenters. The zero-order chi connectivity index (χ0) is 15.2. The van der Waals surface area contributed by atoms with Crippen molar-refractivity contribution in [3.05, 3.63) is 65.5 Å². The molecule has 0 saturated heterocycles. The van der Waals surface area contributed by atoms with Gasteiger partial charge in [-0.1, -0.05) is 13.0 Å². The van der Waals surface area contributed by atoms with Crippen molar-refractivity contribution in [1.29, 1.82) is 0 Å². The fourth-order valence-electron chi connectivity index (χ4n) is 2.38. The average molecular weight is 291 g/mol. The molecule has 2 N–H and O–H groups in total. The summed E-state index contributed by atoms with van der Waals surface area (Å²) in [6, 6.07) is 8.73. The number of nitrogens with zero attached hydrogens (tertiary/aromatic N) is 2. The molecule has 0 aliphatic rings. The van der Waals surface area contributed by atoms with Crippen LogP contribution in [0, 0.1) is 11.6 Å². The van der Waals surface area contributed by atoms with Gasteiger partial charge in [0.2, 0.25) is 0 Å². The van der Waals surface area contributed by atoms with Crippen molar-refractivity contribution in [2.75, 3.05) is 13.1 Å². The van der Waals surface area contributed by atoms with E-state index in [-0.39, 0.29) is 18.2 Å². The molecule has 0 fully saturated rings. The Labute approximate surface area is 123 Å². The summed E-state index contributed by atoms with van der Waals surface area (Å²) >= 11 is 0. The van der Waals surface area contributed by atoms with Crippen LogP contribution in [-0.2, 0) is 6.54 Å². The zero-order valence-electron chi connectivity index (χ0n) is 12.0. The van der Waals surface area contributed by atoms with Gasteiger partial charge in [0.15, 0.2) is 0 Å². The molecular weight excluding hydrogens is 272 g/mol. The molecule has 21 heavy (non-hydrogen) atoms. The molecule has 0 aliphatic heterocycles. The number of hydrogen-bond donors (Lipinski definition) is 1. The van der Waals surface area contributed by atoms with Crippen LogP contribution in [0.2, 0.25) is 0 Å². The van der Waals surface area contributed by atoms with E-state index >= 15 is 0 Å². The van der Waals surface area contributed by atoms with Crippen LogP contribution in [0.25, 0.3) is 0 Å². The lowest BCUT2D eigenvalue weighted by Crippen LogP contribution is -2.34. The van der Waals surface area contributed by atoms with Crippen LogP contribution >= 0.6 is 0 Å². The van der Waals surface area contributed by atoms with Crippen LogP contribution in [-0.4, -0.2) is 23.0 Å². The number of halogens is 2. The minimum absolute atomic E-state index is 0.209. The molecule has 0 saturated carbocycles. The molecule has 1 atom stereocenters. The molecule has 1 heterocycles. The Kier molecular flexibility index (Phi) is 5.36. The van der Waals surface area contributed by atoms with Gasteiger partial charge in [0, 0.05) is 24.8 Å². The lowest BCUT2D eigenvalue weighted by atomic mass is 10.0. The Morgan fingerprint density at radius 2 is 2.05 bits per heavy atom. The van der Waals surface area contributed by atoms with Crippen LogP contribution in [0.5, 0.6) is 0 Å². The Morgan fingerprint density at radius 1 is 1.24 bits per heavy atom. The average Bonchev–Trinajstić information content (AvgIpc) is 2.51. The second kappa shape index (κ2) is 7.24. The first kappa shape index (κ1) is 15.5. The molecule has 0 spiro atoms. The van der Waals surface area contributed by atoms with Gasteiger partial charge in [-0.25, -0.2) is 8.78 Å². The molecule has 2 rings (SSSR count). The van der Waals surface area contributed by atoms with Gasteiger partial charge in [-0.2, -0.15) is 0 Å². The summed E-state index contributed by atoms with van der Waals surface area (Å²) in [6.45, 7) is 3.37. The molecule has 5 heteroatoms. The Bertz CT molecular complexity index is 575. The molecule has 3 nitrogen and oxygen atoms in total. The van der Waals surface area contributed by atoms with Gasteiger partial charge in [-0.05, 0) is 36.9 Å². The fourth-order valence-corrected chi connectivity index (χ4v) is 2.38. The van der Waals surface area contributed by atoms with Crippen molar-refractivity contribution in [1.82, 2.24) is 9.88 Å². The van der Waals surface area contributed by atoms with Crippen LogP contribution in [0.1, 0.15) is 24.2 Å². The van der Waals surface area contributed by atoms with Crippen molar-refractivity contribution < 1.29 is 8.78 Å². The summed E-state index contributed by atoms with van der Waals surface area (Å²) in [5, 5.41) is 0. The molecule has 112 valence electrons. The third-order valence-electron chi connectivity index (χ3n) is 3.48. The minimum Gasteiger partial charge on any atom is -0.329 e. The fraction of sp³-hybridized carbons (Fsp3) is 0.312. The van der Waals surface area contributed by atoms with Crippen LogP contribution in [0.3, 0.4) is 0 Å². The molecule has 0 radical (unpaired) electrons. The van der Waals surface area contributed by atoms with Crippen molar-refractivity contribution in [3.63, 3.8) is 0 Å². The van der Waals surface area contributed by atoms with Gasteiger partial charge < -0.3 is 5.73 Å². The van der Waals surface area contributed by atoms with Crippen molar-refractivity contribution in [2.24, 2.45) is 5.73 Å². The normalized spacial score (nSPS) is 12.6. The van der Waals surface area contributed by atoms with Gasteiger partial charge >= 0.3 is 0 Å². The standard InChI is InChI=1S/C16H19F2N3/c1-2-21(11-13-5-3-4-8-20-13)16(10-19)14-9-12(17)6-7-15(14)18/h3-9,16H,2,10-11,19H2,1H3. The number of aromatic nitrogens is 1. The van der Waals surface area contributed by atoms with Gasteiger partial charge in [-0.15, -0.1) is 0 Å².